The van der Waals surface area contributed by atoms with Crippen molar-refractivity contribution in [1.82, 2.24) is 4.31 Å². The second-order valence-electron chi connectivity index (χ2n) is 9.32. The molecule has 2 aromatic rings. The van der Waals surface area contributed by atoms with Crippen molar-refractivity contribution < 1.29 is 27.5 Å². The van der Waals surface area contributed by atoms with Crippen LogP contribution in [-0.4, -0.2) is 44.9 Å². The molecule has 7 nitrogen and oxygen atoms in total. The van der Waals surface area contributed by atoms with Gasteiger partial charge in [0.15, 0.2) is 0 Å². The minimum absolute atomic E-state index is 0.00188. The lowest BCUT2D eigenvalue weighted by Gasteiger charge is -2.30. The summed E-state index contributed by atoms with van der Waals surface area (Å²) in [6.45, 7) is 8.61. The molecule has 178 valence electrons. The monoisotopic (exact) mass is 473 g/mol. The van der Waals surface area contributed by atoms with Crippen molar-refractivity contribution in [1.29, 1.82) is 0 Å². The number of methoxy groups -OCH3 is 1. The third-order valence-electron chi connectivity index (χ3n) is 5.95. The second kappa shape index (κ2) is 9.65. The smallest absolute Gasteiger partial charge is 0.339 e. The summed E-state index contributed by atoms with van der Waals surface area (Å²) >= 11 is 0. The summed E-state index contributed by atoms with van der Waals surface area (Å²) in [7, 11) is -2.69. The van der Waals surface area contributed by atoms with Crippen LogP contribution in [0.15, 0.2) is 47.4 Å². The minimum atomic E-state index is -3.90. The van der Waals surface area contributed by atoms with E-state index in [2.05, 4.69) is 20.8 Å². The Morgan fingerprint density at radius 1 is 1.03 bits per heavy atom. The van der Waals surface area contributed by atoms with Gasteiger partial charge in [-0.05, 0) is 54.5 Å². The zero-order valence-electron chi connectivity index (χ0n) is 19.8. The van der Waals surface area contributed by atoms with Gasteiger partial charge in [0.05, 0.1) is 23.5 Å². The van der Waals surface area contributed by atoms with Gasteiger partial charge in [-0.15, -0.1) is 0 Å². The van der Waals surface area contributed by atoms with Gasteiger partial charge in [0.2, 0.25) is 10.0 Å². The highest BCUT2D eigenvalue weighted by molar-refractivity contribution is 7.89. The van der Waals surface area contributed by atoms with Crippen molar-refractivity contribution in [2.45, 2.75) is 50.8 Å². The maximum Gasteiger partial charge on any atom is 0.339 e. The molecule has 33 heavy (non-hydrogen) atoms. The number of piperidine rings is 1. The number of nitrogens with zero attached hydrogens (tertiary/aromatic N) is 1. The lowest BCUT2D eigenvalue weighted by molar-refractivity contribution is -0.140. The van der Waals surface area contributed by atoms with Gasteiger partial charge in [-0.25, -0.2) is 13.2 Å². The molecule has 1 saturated heterocycles. The van der Waals surface area contributed by atoms with Crippen molar-refractivity contribution in [2.75, 3.05) is 20.2 Å². The molecular weight excluding hydrogens is 442 g/mol. The fraction of sp³-hybridized carbons (Fsp3) is 0.440. The number of benzene rings is 2. The SMILES string of the molecule is COC(=O)c1ccccc1S(=O)(=O)N1CCC(C(=O)Oc2ccc(C(C)(C)C)cc2C)CC1. The molecule has 0 bridgehead atoms. The van der Waals surface area contributed by atoms with E-state index in [4.69, 9.17) is 9.47 Å². The van der Waals surface area contributed by atoms with Crippen molar-refractivity contribution in [3.05, 3.63) is 59.2 Å². The van der Waals surface area contributed by atoms with Gasteiger partial charge < -0.3 is 9.47 Å². The van der Waals surface area contributed by atoms with E-state index in [0.29, 0.717) is 18.6 Å². The maximum atomic E-state index is 13.2. The molecule has 0 atom stereocenters. The molecule has 1 fully saturated rings. The van der Waals surface area contributed by atoms with Crippen LogP contribution < -0.4 is 4.74 Å². The topological polar surface area (TPSA) is 90.0 Å². The van der Waals surface area contributed by atoms with Crippen molar-refractivity contribution >= 4 is 22.0 Å². The minimum Gasteiger partial charge on any atom is -0.465 e. The van der Waals surface area contributed by atoms with E-state index in [0.717, 1.165) is 11.1 Å². The van der Waals surface area contributed by atoms with Crippen LogP contribution in [0.25, 0.3) is 0 Å². The number of rotatable bonds is 5. The average Bonchev–Trinajstić information content (AvgIpc) is 2.79. The molecule has 1 aliphatic rings. The zero-order chi connectivity index (χ0) is 24.4. The number of carbonyl (C=O) groups is 2. The Hall–Kier alpha value is -2.71. The lowest BCUT2D eigenvalue weighted by Crippen LogP contribution is -2.41. The van der Waals surface area contributed by atoms with E-state index in [1.54, 1.807) is 12.1 Å². The molecule has 0 radical (unpaired) electrons. The van der Waals surface area contributed by atoms with Gasteiger partial charge in [0.1, 0.15) is 5.75 Å². The molecule has 0 N–H and O–H groups in total. The van der Waals surface area contributed by atoms with E-state index < -0.39 is 21.9 Å². The number of ether oxygens (including phenoxy) is 2. The summed E-state index contributed by atoms with van der Waals surface area (Å²) in [4.78, 5) is 24.7. The zero-order valence-corrected chi connectivity index (χ0v) is 20.6. The number of esters is 2. The molecule has 0 aliphatic carbocycles. The number of aryl methyl sites for hydroxylation is 1. The fourth-order valence-electron chi connectivity index (χ4n) is 3.86. The number of carbonyl (C=O) groups excluding carboxylic acids is 2. The molecule has 0 spiro atoms. The van der Waals surface area contributed by atoms with Crippen molar-refractivity contribution in [3.8, 4) is 5.75 Å². The highest BCUT2D eigenvalue weighted by Gasteiger charge is 2.35. The van der Waals surface area contributed by atoms with Gasteiger partial charge in [-0.3, -0.25) is 4.79 Å². The van der Waals surface area contributed by atoms with E-state index in [9.17, 15) is 18.0 Å². The van der Waals surface area contributed by atoms with Crippen LogP contribution in [0.3, 0.4) is 0 Å². The first kappa shape index (κ1) is 24.9. The number of hydrogen-bond acceptors (Lipinski definition) is 6. The molecule has 0 saturated carbocycles. The Kier molecular flexibility index (Phi) is 7.29. The Balaban J connectivity index is 1.68. The first-order chi connectivity index (χ1) is 15.4. The molecular formula is C25H31NO6S. The Labute approximate surface area is 195 Å². The molecule has 1 aliphatic heterocycles. The van der Waals surface area contributed by atoms with Gasteiger partial charge in [-0.2, -0.15) is 4.31 Å². The normalized spacial score (nSPS) is 15.8. The highest BCUT2D eigenvalue weighted by atomic mass is 32.2. The third kappa shape index (κ3) is 5.45. The Morgan fingerprint density at radius 2 is 1.67 bits per heavy atom. The number of hydrogen-bond donors (Lipinski definition) is 0. The Morgan fingerprint density at radius 3 is 2.24 bits per heavy atom. The first-order valence-corrected chi connectivity index (χ1v) is 12.4. The van der Waals surface area contributed by atoms with E-state index >= 15 is 0 Å². The van der Waals surface area contributed by atoms with Crippen LogP contribution in [0.4, 0.5) is 0 Å². The van der Waals surface area contributed by atoms with Crippen molar-refractivity contribution in [2.24, 2.45) is 5.92 Å². The van der Waals surface area contributed by atoms with Gasteiger partial charge >= 0.3 is 11.9 Å². The van der Waals surface area contributed by atoms with Crippen LogP contribution in [0.5, 0.6) is 5.75 Å². The van der Waals surface area contributed by atoms with Crippen LogP contribution in [0, 0.1) is 12.8 Å². The van der Waals surface area contributed by atoms with E-state index in [1.165, 1.54) is 23.5 Å². The largest absolute Gasteiger partial charge is 0.465 e. The molecule has 0 amide bonds. The summed E-state index contributed by atoms with van der Waals surface area (Å²) < 4.78 is 38.0. The first-order valence-electron chi connectivity index (χ1n) is 11.0. The summed E-state index contributed by atoms with van der Waals surface area (Å²) in [5.41, 5.74) is 2.04. The van der Waals surface area contributed by atoms with Crippen LogP contribution >= 0.6 is 0 Å². The summed E-state index contributed by atoms with van der Waals surface area (Å²) in [6.07, 6.45) is 0.690. The molecule has 1 heterocycles. The molecule has 3 rings (SSSR count). The predicted octanol–water partition coefficient (Wildman–Crippen LogP) is 4.09. The second-order valence-corrected chi connectivity index (χ2v) is 11.2. The molecule has 0 unspecified atom stereocenters. The van der Waals surface area contributed by atoms with Crippen LogP contribution in [0.1, 0.15) is 55.1 Å². The van der Waals surface area contributed by atoms with Gasteiger partial charge in [0, 0.05) is 13.1 Å². The van der Waals surface area contributed by atoms with E-state index in [-0.39, 0.29) is 34.9 Å². The predicted molar refractivity (Wildman–Crippen MR) is 125 cm³/mol. The Bertz CT molecular complexity index is 1140. The standard InChI is InChI=1S/C25H31NO6S/c1-17-16-19(25(2,3)4)10-11-21(17)32-23(27)18-12-14-26(15-13-18)33(29,30)22-9-7-6-8-20(22)24(28)31-5/h6-11,16,18H,12-15H2,1-5H3. The number of sulfonamides is 1. The third-order valence-corrected chi connectivity index (χ3v) is 7.91. The summed E-state index contributed by atoms with van der Waals surface area (Å²) in [6, 6.07) is 11.8. The summed E-state index contributed by atoms with van der Waals surface area (Å²) in [5, 5.41) is 0. The van der Waals surface area contributed by atoms with Crippen LogP contribution in [0.2, 0.25) is 0 Å². The van der Waals surface area contributed by atoms with Crippen LogP contribution in [-0.2, 0) is 25.0 Å². The summed E-state index contributed by atoms with van der Waals surface area (Å²) in [5.74, 6) is -0.932. The van der Waals surface area contributed by atoms with Crippen molar-refractivity contribution in [3.63, 3.8) is 0 Å². The fourth-order valence-corrected chi connectivity index (χ4v) is 5.51. The maximum absolute atomic E-state index is 13.2. The van der Waals surface area contributed by atoms with Gasteiger partial charge in [-0.1, -0.05) is 45.0 Å². The lowest BCUT2D eigenvalue weighted by atomic mass is 9.86. The molecule has 2 aromatic carbocycles. The molecule has 8 heteroatoms. The average molecular weight is 474 g/mol. The molecule has 0 aromatic heterocycles. The van der Waals surface area contributed by atoms with Gasteiger partial charge in [0.25, 0.3) is 0 Å². The quantitative estimate of drug-likeness (QED) is 0.480. The van der Waals surface area contributed by atoms with E-state index in [1.807, 2.05) is 25.1 Å². The highest BCUT2D eigenvalue weighted by Crippen LogP contribution is 2.30.